The van der Waals surface area contributed by atoms with Crippen LogP contribution in [0.1, 0.15) is 24.0 Å². The number of unbranched alkanes of at least 4 members (excludes halogenated alkanes) is 1. The number of aryl methyl sites for hydroxylation is 2. The van der Waals surface area contributed by atoms with Crippen LogP contribution in [0, 0.1) is 6.92 Å². The van der Waals surface area contributed by atoms with Gasteiger partial charge >= 0.3 is 0 Å². The van der Waals surface area contributed by atoms with Crippen LogP contribution in [0.25, 0.3) is 0 Å². The van der Waals surface area contributed by atoms with E-state index in [4.69, 9.17) is 18.9 Å². The molecule has 2 heterocycles. The molecule has 3 rings (SSSR count). The van der Waals surface area contributed by atoms with Gasteiger partial charge in [-0.1, -0.05) is 29.8 Å². The van der Waals surface area contributed by atoms with Crippen LogP contribution in [0.2, 0.25) is 0 Å². The van der Waals surface area contributed by atoms with Crippen LogP contribution < -0.4 is 0 Å². The molecule has 1 aromatic carbocycles. The average Bonchev–Trinajstić information content (AvgIpc) is 2.84. The highest BCUT2D eigenvalue weighted by Gasteiger charge is 2.50. The lowest BCUT2D eigenvalue weighted by molar-refractivity contribution is -0.359. The topological polar surface area (TPSA) is 179 Å². The van der Waals surface area contributed by atoms with Crippen LogP contribution in [-0.2, 0) is 25.4 Å². The molecule has 0 aliphatic carbocycles. The normalized spacial score (nSPS) is 38.7. The summed E-state index contributed by atoms with van der Waals surface area (Å²) in [7, 11) is 0. The Morgan fingerprint density at radius 2 is 1.35 bits per heavy atom. The zero-order valence-electron chi connectivity index (χ0n) is 19.1. The molecule has 0 aromatic heterocycles. The van der Waals surface area contributed by atoms with E-state index < -0.39 is 74.6 Å². The fourth-order valence-electron chi connectivity index (χ4n) is 4.08. The fraction of sp³-hybridized carbons (Fsp3) is 0.739. The molecular weight excluding hydrogens is 452 g/mol. The number of ether oxygens (including phenoxy) is 4. The largest absolute Gasteiger partial charge is 0.394 e. The maximum atomic E-state index is 10.6. The lowest BCUT2D eigenvalue weighted by Gasteiger charge is -2.45. The second-order valence-corrected chi connectivity index (χ2v) is 8.82. The van der Waals surface area contributed by atoms with Crippen molar-refractivity contribution in [3.05, 3.63) is 35.4 Å². The molecule has 34 heavy (non-hydrogen) atoms. The summed E-state index contributed by atoms with van der Waals surface area (Å²) in [6.45, 7) is 1.04. The monoisotopic (exact) mass is 488 g/mol. The molecule has 0 spiro atoms. The minimum absolute atomic E-state index is 0.261. The van der Waals surface area contributed by atoms with E-state index in [0.29, 0.717) is 6.42 Å². The zero-order chi connectivity index (χ0) is 24.8. The molecule has 11 heteroatoms. The van der Waals surface area contributed by atoms with Gasteiger partial charge in [-0.05, 0) is 31.7 Å². The standard InChI is InChI=1S/C23H36O11/c1-12-5-7-13(8-6-12)4-2-3-9-31-22-20(30)18(28)21(15(11-25)33-22)34-23-19(29)17(27)16(26)14(10-24)32-23/h5-8,14-30H,2-4,9-11H2,1H3/t14?,15-,16+,17+,18-,19-,20-,21-,22-,23+/m1/s1. The number of aliphatic hydroxyl groups is 7. The van der Waals surface area contributed by atoms with Crippen molar-refractivity contribution in [3.63, 3.8) is 0 Å². The molecule has 1 aromatic rings. The van der Waals surface area contributed by atoms with Crippen LogP contribution in [0.4, 0.5) is 0 Å². The van der Waals surface area contributed by atoms with Gasteiger partial charge in [-0.3, -0.25) is 0 Å². The molecule has 0 radical (unpaired) electrons. The Labute approximate surface area is 198 Å². The second-order valence-electron chi connectivity index (χ2n) is 8.82. The first kappa shape index (κ1) is 27.4. The summed E-state index contributed by atoms with van der Waals surface area (Å²) in [5.74, 6) is 0. The first-order valence-electron chi connectivity index (χ1n) is 11.5. The Balaban J connectivity index is 1.50. The third kappa shape index (κ3) is 6.50. The van der Waals surface area contributed by atoms with E-state index in [9.17, 15) is 35.7 Å². The molecule has 7 N–H and O–H groups in total. The molecule has 0 bridgehead atoms. The Hall–Kier alpha value is -1.22. The highest BCUT2D eigenvalue weighted by atomic mass is 16.7. The van der Waals surface area contributed by atoms with E-state index >= 15 is 0 Å². The molecule has 194 valence electrons. The summed E-state index contributed by atoms with van der Waals surface area (Å²) in [6, 6.07) is 8.25. The Morgan fingerprint density at radius 3 is 2.00 bits per heavy atom. The van der Waals surface area contributed by atoms with E-state index in [1.807, 2.05) is 6.92 Å². The van der Waals surface area contributed by atoms with Crippen molar-refractivity contribution in [1.82, 2.24) is 0 Å². The Bertz CT molecular complexity index is 728. The quantitative estimate of drug-likeness (QED) is 0.180. The first-order chi connectivity index (χ1) is 16.3. The van der Waals surface area contributed by atoms with Gasteiger partial charge in [0.2, 0.25) is 0 Å². The molecule has 2 saturated heterocycles. The summed E-state index contributed by atoms with van der Waals surface area (Å²) < 4.78 is 22.0. The number of benzene rings is 1. The molecule has 2 aliphatic heterocycles. The van der Waals surface area contributed by atoms with E-state index in [1.165, 1.54) is 11.1 Å². The zero-order valence-corrected chi connectivity index (χ0v) is 19.1. The van der Waals surface area contributed by atoms with Gasteiger partial charge in [0.1, 0.15) is 48.8 Å². The highest BCUT2D eigenvalue weighted by molar-refractivity contribution is 5.21. The van der Waals surface area contributed by atoms with Crippen LogP contribution in [0.15, 0.2) is 24.3 Å². The van der Waals surface area contributed by atoms with E-state index in [2.05, 4.69) is 24.3 Å². The van der Waals surface area contributed by atoms with Crippen molar-refractivity contribution in [2.24, 2.45) is 0 Å². The molecule has 2 aliphatic rings. The van der Waals surface area contributed by atoms with Crippen molar-refractivity contribution < 1.29 is 54.7 Å². The lowest BCUT2D eigenvalue weighted by atomic mass is 9.97. The Kier molecular flexibility index (Phi) is 10.2. The summed E-state index contributed by atoms with van der Waals surface area (Å²) in [6.07, 6.45) is -12.1. The molecule has 11 nitrogen and oxygen atoms in total. The van der Waals surface area contributed by atoms with Gasteiger partial charge in [-0.2, -0.15) is 0 Å². The van der Waals surface area contributed by atoms with Crippen molar-refractivity contribution in [2.45, 2.75) is 87.6 Å². The minimum Gasteiger partial charge on any atom is -0.394 e. The smallest absolute Gasteiger partial charge is 0.187 e. The van der Waals surface area contributed by atoms with Gasteiger partial charge in [0.25, 0.3) is 0 Å². The van der Waals surface area contributed by atoms with Crippen LogP contribution in [0.3, 0.4) is 0 Å². The van der Waals surface area contributed by atoms with E-state index in [-0.39, 0.29) is 6.61 Å². The third-order valence-electron chi connectivity index (χ3n) is 6.22. The van der Waals surface area contributed by atoms with Crippen molar-refractivity contribution in [2.75, 3.05) is 19.8 Å². The van der Waals surface area contributed by atoms with Gasteiger partial charge in [0.15, 0.2) is 12.6 Å². The summed E-state index contributed by atoms with van der Waals surface area (Å²) in [4.78, 5) is 0. The fourth-order valence-corrected chi connectivity index (χ4v) is 4.08. The first-order valence-corrected chi connectivity index (χ1v) is 11.5. The van der Waals surface area contributed by atoms with Gasteiger partial charge in [0, 0.05) is 6.61 Å². The second kappa shape index (κ2) is 12.7. The molecule has 10 atom stereocenters. The number of hydrogen-bond acceptors (Lipinski definition) is 11. The highest BCUT2D eigenvalue weighted by Crippen LogP contribution is 2.29. The van der Waals surface area contributed by atoms with Gasteiger partial charge in [-0.25, -0.2) is 0 Å². The van der Waals surface area contributed by atoms with E-state index in [0.717, 1.165) is 12.8 Å². The van der Waals surface area contributed by atoms with Crippen LogP contribution >= 0.6 is 0 Å². The van der Waals surface area contributed by atoms with Gasteiger partial charge in [-0.15, -0.1) is 0 Å². The van der Waals surface area contributed by atoms with Gasteiger partial charge < -0.3 is 54.7 Å². The SMILES string of the molecule is Cc1ccc(CCCCO[C@@H]2O[C@H](CO)[C@@H](O[C@@H]3OC(CO)[C@H](O)[C@H](O)[C@H]3O)[C@H](O)[C@H]2O)cc1. The number of rotatable bonds is 10. The molecular formula is C23H36O11. The minimum atomic E-state index is -1.70. The maximum Gasteiger partial charge on any atom is 0.187 e. The number of hydrogen-bond donors (Lipinski definition) is 7. The number of aliphatic hydroxyl groups excluding tert-OH is 7. The average molecular weight is 489 g/mol. The predicted octanol–water partition coefficient (Wildman–Crippen LogP) is -2.04. The van der Waals surface area contributed by atoms with Crippen molar-refractivity contribution in [3.8, 4) is 0 Å². The summed E-state index contributed by atoms with van der Waals surface area (Å²) in [5.41, 5.74) is 2.41. The van der Waals surface area contributed by atoms with Crippen molar-refractivity contribution in [1.29, 1.82) is 0 Å². The lowest BCUT2D eigenvalue weighted by Crippen LogP contribution is -2.64. The molecule has 0 saturated carbocycles. The van der Waals surface area contributed by atoms with Crippen LogP contribution in [-0.4, -0.2) is 117 Å². The third-order valence-corrected chi connectivity index (χ3v) is 6.22. The van der Waals surface area contributed by atoms with Crippen LogP contribution in [0.5, 0.6) is 0 Å². The Morgan fingerprint density at radius 1 is 0.735 bits per heavy atom. The maximum absolute atomic E-state index is 10.6. The van der Waals surface area contributed by atoms with Gasteiger partial charge in [0.05, 0.1) is 13.2 Å². The molecule has 2 fully saturated rings. The molecule has 1 unspecified atom stereocenters. The van der Waals surface area contributed by atoms with Crippen molar-refractivity contribution >= 4 is 0 Å². The summed E-state index contributed by atoms with van der Waals surface area (Å²) >= 11 is 0. The molecule has 0 amide bonds. The predicted molar refractivity (Wildman–Crippen MR) is 116 cm³/mol. The summed E-state index contributed by atoms with van der Waals surface area (Å²) in [5, 5.41) is 70.1. The van der Waals surface area contributed by atoms with E-state index in [1.54, 1.807) is 0 Å².